The first-order chi connectivity index (χ1) is 11.8. The highest BCUT2D eigenvalue weighted by Gasteiger charge is 2.17. The van der Waals surface area contributed by atoms with E-state index in [1.165, 1.54) is 25.3 Å². The predicted molar refractivity (Wildman–Crippen MR) is 92.0 cm³/mol. The van der Waals surface area contributed by atoms with Crippen LogP contribution in [0.5, 0.6) is 11.5 Å². The molecule has 25 heavy (non-hydrogen) atoms. The zero-order chi connectivity index (χ0) is 18.6. The normalized spacial score (nSPS) is 12.0. The molecule has 2 aromatic carbocycles. The van der Waals surface area contributed by atoms with Gasteiger partial charge in [0.2, 0.25) is 0 Å². The van der Waals surface area contributed by atoms with Gasteiger partial charge in [-0.15, -0.1) is 0 Å². The molecule has 0 bridgehead atoms. The third-order valence-corrected chi connectivity index (χ3v) is 3.98. The average molecular weight is 390 g/mol. The number of hydrogen-bond acceptors (Lipinski definition) is 3. The van der Waals surface area contributed by atoms with Gasteiger partial charge in [-0.2, -0.15) is 8.78 Å². The smallest absolute Gasteiger partial charge is 0.387 e. The van der Waals surface area contributed by atoms with Crippen LogP contribution < -0.4 is 14.8 Å². The van der Waals surface area contributed by atoms with Crippen molar-refractivity contribution in [2.24, 2.45) is 0 Å². The van der Waals surface area contributed by atoms with Gasteiger partial charge in [0.1, 0.15) is 0 Å². The van der Waals surface area contributed by atoms with Crippen LogP contribution in [0.3, 0.4) is 0 Å². The fourth-order valence-electron chi connectivity index (χ4n) is 2.21. The van der Waals surface area contributed by atoms with E-state index in [1.54, 1.807) is 25.1 Å². The van der Waals surface area contributed by atoms with E-state index in [-0.39, 0.29) is 23.1 Å². The van der Waals surface area contributed by atoms with Crippen molar-refractivity contribution in [2.45, 2.75) is 19.6 Å². The number of amides is 1. The van der Waals surface area contributed by atoms with E-state index in [4.69, 9.17) is 27.9 Å². The second-order valence-corrected chi connectivity index (χ2v) is 5.95. The van der Waals surface area contributed by atoms with Gasteiger partial charge in [0.05, 0.1) is 13.2 Å². The lowest BCUT2D eigenvalue weighted by atomic mass is 10.1. The maximum atomic E-state index is 12.4. The largest absolute Gasteiger partial charge is 0.493 e. The predicted octanol–water partition coefficient (Wildman–Crippen LogP) is 5.09. The van der Waals surface area contributed by atoms with Gasteiger partial charge in [-0.05, 0) is 42.8 Å². The minimum atomic E-state index is -2.99. The number of benzene rings is 2. The first-order valence-electron chi connectivity index (χ1n) is 7.20. The molecule has 0 aliphatic rings. The van der Waals surface area contributed by atoms with Gasteiger partial charge in [0, 0.05) is 15.6 Å². The van der Waals surface area contributed by atoms with Gasteiger partial charge in [-0.25, -0.2) is 0 Å². The Morgan fingerprint density at radius 3 is 2.44 bits per heavy atom. The van der Waals surface area contributed by atoms with Crippen molar-refractivity contribution < 1.29 is 23.0 Å². The minimum Gasteiger partial charge on any atom is -0.493 e. The van der Waals surface area contributed by atoms with E-state index in [9.17, 15) is 13.6 Å². The van der Waals surface area contributed by atoms with Crippen molar-refractivity contribution in [3.63, 3.8) is 0 Å². The molecule has 0 spiro atoms. The Labute approximate surface area is 153 Å². The van der Waals surface area contributed by atoms with Gasteiger partial charge in [-0.1, -0.05) is 29.3 Å². The summed E-state index contributed by atoms with van der Waals surface area (Å²) >= 11 is 12.0. The zero-order valence-corrected chi connectivity index (χ0v) is 14.9. The summed E-state index contributed by atoms with van der Waals surface area (Å²) in [6.07, 6.45) is 0. The van der Waals surface area contributed by atoms with Crippen LogP contribution in [0.2, 0.25) is 10.0 Å². The molecule has 8 heteroatoms. The number of nitrogens with one attached hydrogen (secondary N) is 1. The lowest BCUT2D eigenvalue weighted by Gasteiger charge is -2.17. The highest BCUT2D eigenvalue weighted by molar-refractivity contribution is 6.35. The molecule has 2 aromatic rings. The Bertz CT molecular complexity index is 772. The highest BCUT2D eigenvalue weighted by Crippen LogP contribution is 2.30. The molecule has 0 aliphatic carbocycles. The van der Waals surface area contributed by atoms with Crippen molar-refractivity contribution in [1.29, 1.82) is 0 Å². The Morgan fingerprint density at radius 2 is 1.84 bits per heavy atom. The van der Waals surface area contributed by atoms with Crippen molar-refractivity contribution >= 4 is 29.1 Å². The SMILES string of the molecule is COc1cc(C(=O)N[C@@H](C)c2ccc(Cl)cc2Cl)ccc1OC(F)F. The molecule has 0 fully saturated rings. The molecule has 134 valence electrons. The zero-order valence-electron chi connectivity index (χ0n) is 13.4. The van der Waals surface area contributed by atoms with E-state index in [0.717, 1.165) is 0 Å². The number of carbonyl (C=O) groups excluding carboxylic acids is 1. The van der Waals surface area contributed by atoms with Crippen LogP contribution in [-0.2, 0) is 0 Å². The third kappa shape index (κ3) is 4.96. The van der Waals surface area contributed by atoms with Crippen molar-refractivity contribution in [2.75, 3.05) is 7.11 Å². The number of methoxy groups -OCH3 is 1. The third-order valence-electron chi connectivity index (χ3n) is 3.42. The van der Waals surface area contributed by atoms with Crippen molar-refractivity contribution in [3.8, 4) is 11.5 Å². The molecule has 0 unspecified atom stereocenters. The maximum Gasteiger partial charge on any atom is 0.387 e. The number of carbonyl (C=O) groups is 1. The molecule has 0 aliphatic heterocycles. The van der Waals surface area contributed by atoms with Crippen molar-refractivity contribution in [3.05, 3.63) is 57.6 Å². The number of halogens is 4. The molecule has 4 nitrogen and oxygen atoms in total. The number of ether oxygens (including phenoxy) is 2. The number of alkyl halides is 2. The van der Waals surface area contributed by atoms with Crippen LogP contribution in [0.4, 0.5) is 8.78 Å². The fraction of sp³-hybridized carbons (Fsp3) is 0.235. The van der Waals surface area contributed by atoms with Gasteiger partial charge in [0.25, 0.3) is 5.91 Å². The fourth-order valence-corrected chi connectivity index (χ4v) is 2.78. The summed E-state index contributed by atoms with van der Waals surface area (Å²) in [5.74, 6) is -0.534. The van der Waals surface area contributed by atoms with E-state index in [1.807, 2.05) is 0 Å². The lowest BCUT2D eigenvalue weighted by molar-refractivity contribution is -0.0512. The Kier molecular flexibility index (Phi) is 6.45. The Balaban J connectivity index is 2.17. The van der Waals surface area contributed by atoms with Crippen LogP contribution in [-0.4, -0.2) is 19.6 Å². The summed E-state index contributed by atoms with van der Waals surface area (Å²) in [4.78, 5) is 12.4. The average Bonchev–Trinajstić information content (AvgIpc) is 2.54. The topological polar surface area (TPSA) is 47.6 Å². The van der Waals surface area contributed by atoms with E-state index in [0.29, 0.717) is 15.6 Å². The minimum absolute atomic E-state index is 0.0325. The molecular weight excluding hydrogens is 375 g/mol. The standard InChI is InChI=1S/C17H15Cl2F2NO3/c1-9(12-5-4-11(18)8-13(12)19)22-16(23)10-3-6-14(25-17(20)21)15(7-10)24-2/h3-9,17H,1-2H3,(H,22,23)/t9-/m0/s1. The van der Waals surface area contributed by atoms with Gasteiger partial charge in [0.15, 0.2) is 11.5 Å². The quantitative estimate of drug-likeness (QED) is 0.747. The second kappa shape index (κ2) is 8.36. The molecule has 1 N–H and O–H groups in total. The number of rotatable bonds is 6. The highest BCUT2D eigenvalue weighted by atomic mass is 35.5. The Hall–Kier alpha value is -2.05. The van der Waals surface area contributed by atoms with Crippen LogP contribution in [0.25, 0.3) is 0 Å². The summed E-state index contributed by atoms with van der Waals surface area (Å²) in [5, 5.41) is 3.69. The summed E-state index contributed by atoms with van der Waals surface area (Å²) in [5.41, 5.74) is 0.930. The molecule has 2 rings (SSSR count). The summed E-state index contributed by atoms with van der Waals surface area (Å²) in [6.45, 7) is -1.22. The molecule has 0 aromatic heterocycles. The van der Waals surface area contributed by atoms with Crippen LogP contribution in [0, 0.1) is 0 Å². The molecule has 0 radical (unpaired) electrons. The lowest BCUT2D eigenvalue weighted by Crippen LogP contribution is -2.26. The summed E-state index contributed by atoms with van der Waals surface area (Å²) in [7, 11) is 1.30. The maximum absolute atomic E-state index is 12.4. The van der Waals surface area contributed by atoms with Crippen LogP contribution in [0.1, 0.15) is 28.9 Å². The molecule has 1 atom stereocenters. The summed E-state index contributed by atoms with van der Waals surface area (Å²) in [6, 6.07) is 8.52. The first-order valence-corrected chi connectivity index (χ1v) is 7.96. The van der Waals surface area contributed by atoms with Gasteiger partial charge < -0.3 is 14.8 Å². The van der Waals surface area contributed by atoms with E-state index >= 15 is 0 Å². The second-order valence-electron chi connectivity index (χ2n) is 5.11. The summed E-state index contributed by atoms with van der Waals surface area (Å²) < 4.78 is 34.0. The van der Waals surface area contributed by atoms with Crippen LogP contribution >= 0.6 is 23.2 Å². The molecule has 0 saturated carbocycles. The molecular formula is C17H15Cl2F2NO3. The van der Waals surface area contributed by atoms with Crippen molar-refractivity contribution in [1.82, 2.24) is 5.32 Å². The van der Waals surface area contributed by atoms with Gasteiger partial charge in [-0.3, -0.25) is 4.79 Å². The Morgan fingerprint density at radius 1 is 1.12 bits per heavy atom. The van der Waals surface area contributed by atoms with Gasteiger partial charge >= 0.3 is 6.61 Å². The monoisotopic (exact) mass is 389 g/mol. The molecule has 1 amide bonds. The van der Waals surface area contributed by atoms with E-state index < -0.39 is 12.5 Å². The molecule has 0 saturated heterocycles. The number of hydrogen-bond donors (Lipinski definition) is 1. The van der Waals surface area contributed by atoms with Crippen LogP contribution in [0.15, 0.2) is 36.4 Å². The first kappa shape index (κ1) is 19.3. The molecule has 0 heterocycles. The van der Waals surface area contributed by atoms with E-state index in [2.05, 4.69) is 10.1 Å².